The van der Waals surface area contributed by atoms with Gasteiger partial charge in [-0.3, -0.25) is 4.79 Å². The van der Waals surface area contributed by atoms with E-state index < -0.39 is 12.0 Å². The van der Waals surface area contributed by atoms with Gasteiger partial charge < -0.3 is 15.7 Å². The summed E-state index contributed by atoms with van der Waals surface area (Å²) < 4.78 is 0. The molecule has 1 aliphatic rings. The number of carboxylic acids is 1. The second-order valence-corrected chi connectivity index (χ2v) is 4.73. The van der Waals surface area contributed by atoms with Crippen molar-refractivity contribution in [3.05, 3.63) is 0 Å². The van der Waals surface area contributed by atoms with E-state index in [1.807, 2.05) is 0 Å². The van der Waals surface area contributed by atoms with Crippen LogP contribution in [-0.2, 0) is 4.79 Å². The minimum atomic E-state index is -0.778. The molecule has 0 amide bonds. The molecule has 0 aliphatic carbocycles. The van der Waals surface area contributed by atoms with Crippen LogP contribution in [0.15, 0.2) is 0 Å². The molecule has 3 N–H and O–H groups in total. The molecule has 1 rings (SSSR count). The first-order valence-electron chi connectivity index (χ1n) is 5.13. The first-order valence-corrected chi connectivity index (χ1v) is 5.13. The smallest absolute Gasteiger partial charge is 0.320 e. The number of aliphatic carboxylic acids is 1. The molecule has 0 aromatic rings. The molecule has 0 spiro atoms. The average molecular weight is 200 g/mol. The number of hydrogen-bond donors (Lipinski definition) is 3. The Labute approximate surface area is 85.1 Å². The van der Waals surface area contributed by atoms with E-state index in [9.17, 15) is 4.79 Å². The van der Waals surface area contributed by atoms with Crippen molar-refractivity contribution in [2.24, 2.45) is 5.41 Å². The first-order chi connectivity index (χ1) is 6.43. The first kappa shape index (κ1) is 11.5. The standard InChI is InChI=1S/C10H20N2O2/c1-7(9(13)14)12-8-4-5-11-6-10(8,2)3/h7-8,11-12H,4-6H2,1-3H3,(H,13,14)/t7-,8?/m1/s1. The summed E-state index contributed by atoms with van der Waals surface area (Å²) in [5.74, 6) is -0.778. The van der Waals surface area contributed by atoms with Crippen LogP contribution in [0.2, 0.25) is 0 Å². The van der Waals surface area contributed by atoms with Crippen molar-refractivity contribution in [2.45, 2.75) is 39.3 Å². The molecule has 1 fully saturated rings. The van der Waals surface area contributed by atoms with Crippen LogP contribution in [0.25, 0.3) is 0 Å². The second kappa shape index (κ2) is 4.28. The Balaban J connectivity index is 2.53. The summed E-state index contributed by atoms with van der Waals surface area (Å²) in [6.07, 6.45) is 0.991. The number of nitrogens with one attached hydrogen (secondary N) is 2. The minimum absolute atomic E-state index is 0.127. The van der Waals surface area contributed by atoms with Crippen LogP contribution in [0.1, 0.15) is 27.2 Å². The third-order valence-corrected chi connectivity index (χ3v) is 2.96. The molecule has 2 atom stereocenters. The predicted octanol–water partition coefficient (Wildman–Crippen LogP) is 0.437. The average Bonchev–Trinajstić information content (AvgIpc) is 2.08. The van der Waals surface area contributed by atoms with Crippen LogP contribution in [0.5, 0.6) is 0 Å². The Kier molecular flexibility index (Phi) is 3.50. The molecule has 0 aromatic carbocycles. The van der Waals surface area contributed by atoms with Gasteiger partial charge in [-0.05, 0) is 25.3 Å². The Morgan fingerprint density at radius 3 is 2.79 bits per heavy atom. The van der Waals surface area contributed by atoms with Gasteiger partial charge in [0.15, 0.2) is 0 Å². The summed E-state index contributed by atoms with van der Waals surface area (Å²) in [6.45, 7) is 7.92. The van der Waals surface area contributed by atoms with E-state index in [0.29, 0.717) is 0 Å². The summed E-state index contributed by atoms with van der Waals surface area (Å²) in [4.78, 5) is 10.7. The zero-order valence-corrected chi connectivity index (χ0v) is 9.13. The molecule has 1 aliphatic heterocycles. The fourth-order valence-corrected chi connectivity index (χ4v) is 1.85. The van der Waals surface area contributed by atoms with Gasteiger partial charge in [-0.25, -0.2) is 0 Å². The van der Waals surface area contributed by atoms with Gasteiger partial charge in [0.1, 0.15) is 6.04 Å². The summed E-state index contributed by atoms with van der Waals surface area (Å²) in [7, 11) is 0. The topological polar surface area (TPSA) is 61.4 Å². The molecule has 0 aromatic heterocycles. The summed E-state index contributed by atoms with van der Waals surface area (Å²) in [5, 5.41) is 15.3. The minimum Gasteiger partial charge on any atom is -0.480 e. The van der Waals surface area contributed by atoms with Gasteiger partial charge in [0, 0.05) is 12.6 Å². The van der Waals surface area contributed by atoms with Crippen LogP contribution in [0.4, 0.5) is 0 Å². The molecular formula is C10H20N2O2. The van der Waals surface area contributed by atoms with Gasteiger partial charge in [0.2, 0.25) is 0 Å². The number of carbonyl (C=O) groups is 1. The molecular weight excluding hydrogens is 180 g/mol. The molecule has 1 unspecified atom stereocenters. The molecule has 4 nitrogen and oxygen atoms in total. The highest BCUT2D eigenvalue weighted by Crippen LogP contribution is 2.25. The van der Waals surface area contributed by atoms with E-state index in [-0.39, 0.29) is 11.5 Å². The van der Waals surface area contributed by atoms with Crippen LogP contribution in [0, 0.1) is 5.41 Å². The maximum atomic E-state index is 10.7. The number of rotatable bonds is 3. The molecule has 82 valence electrons. The van der Waals surface area contributed by atoms with E-state index in [0.717, 1.165) is 19.5 Å². The van der Waals surface area contributed by atoms with E-state index >= 15 is 0 Å². The lowest BCUT2D eigenvalue weighted by Crippen LogP contribution is -2.56. The SMILES string of the molecule is C[C@@H](NC1CCNCC1(C)C)C(=O)O. The maximum Gasteiger partial charge on any atom is 0.320 e. The van der Waals surface area contributed by atoms with E-state index in [4.69, 9.17) is 5.11 Å². The zero-order valence-electron chi connectivity index (χ0n) is 9.13. The third kappa shape index (κ3) is 2.69. The van der Waals surface area contributed by atoms with E-state index in [1.54, 1.807) is 6.92 Å². The number of piperidine rings is 1. The van der Waals surface area contributed by atoms with E-state index in [1.165, 1.54) is 0 Å². The largest absolute Gasteiger partial charge is 0.480 e. The highest BCUT2D eigenvalue weighted by Gasteiger charge is 2.33. The fourth-order valence-electron chi connectivity index (χ4n) is 1.85. The second-order valence-electron chi connectivity index (χ2n) is 4.73. The Bertz CT molecular complexity index is 216. The van der Waals surface area contributed by atoms with Gasteiger partial charge in [0.25, 0.3) is 0 Å². The monoisotopic (exact) mass is 200 g/mol. The van der Waals surface area contributed by atoms with Crippen molar-refractivity contribution in [1.82, 2.24) is 10.6 Å². The summed E-state index contributed by atoms with van der Waals surface area (Å²) >= 11 is 0. The molecule has 1 heterocycles. The number of hydrogen-bond acceptors (Lipinski definition) is 3. The van der Waals surface area contributed by atoms with Crippen molar-refractivity contribution in [2.75, 3.05) is 13.1 Å². The van der Waals surface area contributed by atoms with Crippen LogP contribution < -0.4 is 10.6 Å². The quantitative estimate of drug-likeness (QED) is 0.618. The Hall–Kier alpha value is -0.610. The van der Waals surface area contributed by atoms with E-state index in [2.05, 4.69) is 24.5 Å². The van der Waals surface area contributed by atoms with Gasteiger partial charge in [0.05, 0.1) is 0 Å². The Morgan fingerprint density at radius 2 is 2.29 bits per heavy atom. The molecule has 1 saturated heterocycles. The van der Waals surface area contributed by atoms with Crippen molar-refractivity contribution in [3.63, 3.8) is 0 Å². The normalized spacial score (nSPS) is 28.4. The van der Waals surface area contributed by atoms with Crippen LogP contribution in [0.3, 0.4) is 0 Å². The molecule has 4 heteroatoms. The highest BCUT2D eigenvalue weighted by atomic mass is 16.4. The Morgan fingerprint density at radius 1 is 1.64 bits per heavy atom. The number of carboxylic acid groups (broad SMARTS) is 1. The molecule has 0 bridgehead atoms. The lowest BCUT2D eigenvalue weighted by molar-refractivity contribution is -0.139. The fraction of sp³-hybridized carbons (Fsp3) is 0.900. The predicted molar refractivity (Wildman–Crippen MR) is 55.3 cm³/mol. The maximum absolute atomic E-state index is 10.7. The zero-order chi connectivity index (χ0) is 10.8. The van der Waals surface area contributed by atoms with Gasteiger partial charge in [-0.15, -0.1) is 0 Å². The third-order valence-electron chi connectivity index (χ3n) is 2.96. The summed E-state index contributed by atoms with van der Waals surface area (Å²) in [5.41, 5.74) is 0.127. The van der Waals surface area contributed by atoms with Crippen LogP contribution >= 0.6 is 0 Å². The van der Waals surface area contributed by atoms with Crippen molar-refractivity contribution in [3.8, 4) is 0 Å². The molecule has 0 radical (unpaired) electrons. The lowest BCUT2D eigenvalue weighted by Gasteiger charge is -2.40. The highest BCUT2D eigenvalue weighted by molar-refractivity contribution is 5.72. The van der Waals surface area contributed by atoms with Crippen LogP contribution in [-0.4, -0.2) is 36.2 Å². The van der Waals surface area contributed by atoms with Gasteiger partial charge in [-0.2, -0.15) is 0 Å². The van der Waals surface area contributed by atoms with Crippen molar-refractivity contribution < 1.29 is 9.90 Å². The van der Waals surface area contributed by atoms with Crippen molar-refractivity contribution in [1.29, 1.82) is 0 Å². The molecule has 0 saturated carbocycles. The summed E-state index contributed by atoms with van der Waals surface area (Å²) in [6, 6.07) is -0.174. The molecule has 14 heavy (non-hydrogen) atoms. The van der Waals surface area contributed by atoms with Crippen molar-refractivity contribution >= 4 is 5.97 Å². The van der Waals surface area contributed by atoms with Gasteiger partial charge in [-0.1, -0.05) is 13.8 Å². The lowest BCUT2D eigenvalue weighted by atomic mass is 9.79. The van der Waals surface area contributed by atoms with Gasteiger partial charge >= 0.3 is 5.97 Å².